The van der Waals surface area contributed by atoms with Crippen LogP contribution in [0.5, 0.6) is 0 Å². The van der Waals surface area contributed by atoms with Crippen LogP contribution in [0.1, 0.15) is 68.0 Å². The van der Waals surface area contributed by atoms with Crippen molar-refractivity contribution in [1.82, 2.24) is 24.0 Å². The van der Waals surface area contributed by atoms with Gasteiger partial charge in [0.1, 0.15) is 23.0 Å². The maximum atomic E-state index is 14.0. The summed E-state index contributed by atoms with van der Waals surface area (Å²) in [5.41, 5.74) is 6.63. The number of carbonyl (C=O) groups excluding carboxylic acids is 1. The van der Waals surface area contributed by atoms with Crippen LogP contribution in [-0.2, 0) is 30.7 Å². The molecule has 0 unspecified atom stereocenters. The highest BCUT2D eigenvalue weighted by molar-refractivity contribution is 6.06. The molecule has 1 amide bonds. The summed E-state index contributed by atoms with van der Waals surface area (Å²) in [6, 6.07) is 10.4. The molecule has 1 atom stereocenters. The summed E-state index contributed by atoms with van der Waals surface area (Å²) in [6.07, 6.45) is 7.28. The lowest BCUT2D eigenvalue weighted by molar-refractivity contribution is -0.0691. The molecule has 12 heteroatoms. The van der Waals surface area contributed by atoms with Gasteiger partial charge in [-0.2, -0.15) is 0 Å². The summed E-state index contributed by atoms with van der Waals surface area (Å²) in [7, 11) is 0. The number of anilines is 4. The number of nitrogens with zero attached hydrogens (tertiary/aromatic N) is 7. The monoisotopic (exact) mass is 692 g/mol. The Morgan fingerprint density at radius 1 is 1.04 bits per heavy atom. The summed E-state index contributed by atoms with van der Waals surface area (Å²) in [5.74, 6) is 0.898. The van der Waals surface area contributed by atoms with Gasteiger partial charge in [0.05, 0.1) is 37.7 Å². The van der Waals surface area contributed by atoms with Crippen molar-refractivity contribution in [3.05, 3.63) is 81.8 Å². The Balaban J connectivity index is 1.07. The lowest BCUT2D eigenvalue weighted by Crippen LogP contribution is -2.59. The number of carbonyl (C=O) groups is 1. The van der Waals surface area contributed by atoms with E-state index in [9.17, 15) is 14.7 Å². The Bertz CT molecular complexity index is 2030. The minimum atomic E-state index is -0.318. The number of hydrogen-bond donors (Lipinski definition) is 2. The molecule has 12 nitrogen and oxygen atoms in total. The van der Waals surface area contributed by atoms with Gasteiger partial charge in [-0.15, -0.1) is 0 Å². The number of aromatic nitrogens is 4. The smallest absolute Gasteiger partial charge is 0.276 e. The molecule has 0 bridgehead atoms. The van der Waals surface area contributed by atoms with Crippen LogP contribution in [0.4, 0.5) is 23.0 Å². The number of hydrogen-bond acceptors (Lipinski definition) is 9. The number of ether oxygens (including phenoxy) is 1. The highest BCUT2D eigenvalue weighted by atomic mass is 16.5. The van der Waals surface area contributed by atoms with Crippen LogP contribution in [0.25, 0.3) is 11.1 Å². The molecular formula is C39H48N8O4. The SMILES string of the molecule is CC(C)n1cc(-c2ccnc(N3CCn4c(cc5c4CC(C)(C)C5)C3=O)c2CO)cc(Nc2ccc(N3CCN(C4COC4)C[C@@H]3C)cn2)c1=O. The number of nitrogens with one attached hydrogen (secondary N) is 1. The van der Waals surface area contributed by atoms with Crippen molar-refractivity contribution in [2.75, 3.05) is 54.5 Å². The molecule has 4 aliphatic rings. The van der Waals surface area contributed by atoms with Crippen molar-refractivity contribution in [3.8, 4) is 11.1 Å². The van der Waals surface area contributed by atoms with E-state index in [0.29, 0.717) is 59.3 Å². The van der Waals surface area contributed by atoms with E-state index in [0.717, 1.165) is 56.9 Å². The molecule has 2 saturated heterocycles. The van der Waals surface area contributed by atoms with E-state index in [-0.39, 0.29) is 29.5 Å². The Labute approximate surface area is 298 Å². The fourth-order valence-electron chi connectivity index (χ4n) is 8.38. The predicted octanol–water partition coefficient (Wildman–Crippen LogP) is 4.62. The maximum Gasteiger partial charge on any atom is 0.276 e. The fourth-order valence-corrected chi connectivity index (χ4v) is 8.38. The maximum absolute atomic E-state index is 14.0. The normalized spacial score (nSPS) is 20.5. The van der Waals surface area contributed by atoms with Crippen molar-refractivity contribution in [2.45, 2.75) is 78.7 Å². The molecule has 2 N–H and O–H groups in total. The van der Waals surface area contributed by atoms with Gasteiger partial charge in [0, 0.05) is 74.0 Å². The van der Waals surface area contributed by atoms with Gasteiger partial charge in [-0.3, -0.25) is 19.4 Å². The van der Waals surface area contributed by atoms with E-state index in [1.165, 1.54) is 11.3 Å². The molecular weight excluding hydrogens is 644 g/mol. The Kier molecular flexibility index (Phi) is 8.51. The number of rotatable bonds is 8. The number of fused-ring (bicyclic) bond motifs is 3. The molecule has 7 heterocycles. The number of aliphatic hydroxyl groups excluding tert-OH is 1. The molecule has 0 saturated carbocycles. The van der Waals surface area contributed by atoms with Crippen molar-refractivity contribution in [2.24, 2.45) is 5.41 Å². The second kappa shape index (κ2) is 12.9. The molecule has 51 heavy (non-hydrogen) atoms. The van der Waals surface area contributed by atoms with Crippen molar-refractivity contribution in [1.29, 1.82) is 0 Å². The average molecular weight is 693 g/mol. The van der Waals surface area contributed by atoms with Crippen LogP contribution < -0.4 is 20.7 Å². The lowest BCUT2D eigenvalue weighted by Gasteiger charge is -2.46. The van der Waals surface area contributed by atoms with Crippen LogP contribution in [0.2, 0.25) is 0 Å². The first-order chi connectivity index (χ1) is 24.5. The van der Waals surface area contributed by atoms with Crippen LogP contribution >= 0.6 is 0 Å². The molecule has 3 aliphatic heterocycles. The quantitative estimate of drug-likeness (QED) is 0.273. The van der Waals surface area contributed by atoms with Gasteiger partial charge in [0.25, 0.3) is 11.5 Å². The van der Waals surface area contributed by atoms with E-state index in [2.05, 4.69) is 51.5 Å². The van der Waals surface area contributed by atoms with Crippen LogP contribution in [0.15, 0.2) is 53.7 Å². The number of amides is 1. The highest BCUT2D eigenvalue weighted by Crippen LogP contribution is 2.40. The molecule has 268 valence electrons. The van der Waals surface area contributed by atoms with Gasteiger partial charge >= 0.3 is 0 Å². The summed E-state index contributed by atoms with van der Waals surface area (Å²) in [5, 5.41) is 14.1. The van der Waals surface area contributed by atoms with Gasteiger partial charge < -0.3 is 29.2 Å². The van der Waals surface area contributed by atoms with Gasteiger partial charge in [0.15, 0.2) is 0 Å². The van der Waals surface area contributed by atoms with Crippen LogP contribution in [0.3, 0.4) is 0 Å². The number of pyridine rings is 3. The molecule has 1 aliphatic carbocycles. The first kappa shape index (κ1) is 33.6. The van der Waals surface area contributed by atoms with Crippen molar-refractivity contribution >= 4 is 28.9 Å². The van der Waals surface area contributed by atoms with Crippen LogP contribution in [0, 0.1) is 5.41 Å². The molecule has 4 aromatic heterocycles. The topological polar surface area (TPSA) is 121 Å². The summed E-state index contributed by atoms with van der Waals surface area (Å²) >= 11 is 0. The zero-order valence-corrected chi connectivity index (χ0v) is 30.2. The zero-order chi connectivity index (χ0) is 35.6. The Morgan fingerprint density at radius 3 is 2.55 bits per heavy atom. The molecule has 0 radical (unpaired) electrons. The third-order valence-corrected chi connectivity index (χ3v) is 11.1. The summed E-state index contributed by atoms with van der Waals surface area (Å²) in [4.78, 5) is 43.6. The molecule has 0 spiro atoms. The zero-order valence-electron chi connectivity index (χ0n) is 30.2. The summed E-state index contributed by atoms with van der Waals surface area (Å²) in [6.45, 7) is 16.1. The van der Waals surface area contributed by atoms with Crippen molar-refractivity contribution in [3.63, 3.8) is 0 Å². The second-order valence-electron chi connectivity index (χ2n) is 15.7. The van der Waals surface area contributed by atoms with Crippen LogP contribution in [-0.4, -0.2) is 86.5 Å². The van der Waals surface area contributed by atoms with E-state index < -0.39 is 0 Å². The largest absolute Gasteiger partial charge is 0.392 e. The van der Waals surface area contributed by atoms with E-state index in [4.69, 9.17) is 9.72 Å². The number of aliphatic hydroxyl groups is 1. The van der Waals surface area contributed by atoms with Gasteiger partial charge in [0.2, 0.25) is 0 Å². The predicted molar refractivity (Wildman–Crippen MR) is 198 cm³/mol. The highest BCUT2D eigenvalue weighted by Gasteiger charge is 2.38. The van der Waals surface area contributed by atoms with E-state index >= 15 is 0 Å². The van der Waals surface area contributed by atoms with Gasteiger partial charge in [-0.1, -0.05) is 13.8 Å². The molecule has 0 aromatic carbocycles. The minimum absolute atomic E-state index is 0.110. The lowest BCUT2D eigenvalue weighted by atomic mass is 9.90. The second-order valence-corrected chi connectivity index (χ2v) is 15.7. The molecule has 4 aromatic rings. The average Bonchev–Trinajstić information content (AvgIpc) is 3.57. The Morgan fingerprint density at radius 2 is 1.86 bits per heavy atom. The fraction of sp³-hybridized carbons (Fsp3) is 0.487. The van der Waals surface area contributed by atoms with E-state index in [1.807, 2.05) is 44.4 Å². The van der Waals surface area contributed by atoms with E-state index in [1.54, 1.807) is 21.7 Å². The molecule has 2 fully saturated rings. The first-order valence-electron chi connectivity index (χ1n) is 18.2. The number of piperazine rings is 1. The van der Waals surface area contributed by atoms with Crippen molar-refractivity contribution < 1.29 is 14.6 Å². The Hall–Kier alpha value is -4.52. The molecule has 8 rings (SSSR count). The van der Waals surface area contributed by atoms with Gasteiger partial charge in [-0.25, -0.2) is 9.97 Å². The standard InChI is InChI=1S/C39H48N8O4/c1-24(2)47-20-27(14-32(37(47)49)42-35-7-6-28(18-41-35)44-11-10-43(19-25(44)3)29-22-51-23-29)30-8-9-40-36(31(30)21-48)46-13-12-45-33(38(46)50)15-26-16-39(4,5)17-34(26)45/h6-9,14-15,18,20,24-25,29,48H,10-13,16-17,19,21-23H2,1-5H3,(H,41,42)/t25-/m0/s1. The third-order valence-electron chi connectivity index (χ3n) is 11.1. The summed E-state index contributed by atoms with van der Waals surface area (Å²) < 4.78 is 9.26. The first-order valence-corrected chi connectivity index (χ1v) is 18.2. The minimum Gasteiger partial charge on any atom is -0.392 e. The third kappa shape index (κ3) is 6.02. The van der Waals surface area contributed by atoms with Gasteiger partial charge in [-0.05, 0) is 80.5 Å².